The van der Waals surface area contributed by atoms with Gasteiger partial charge in [-0.15, -0.1) is 0 Å². The average molecular weight is 462 g/mol. The fourth-order valence-electron chi connectivity index (χ4n) is 4.36. The maximum absolute atomic E-state index is 12.6. The highest BCUT2D eigenvalue weighted by atomic mass is 32.2. The summed E-state index contributed by atoms with van der Waals surface area (Å²) in [5.74, 6) is 0.342. The molecule has 1 aromatic heterocycles. The van der Waals surface area contributed by atoms with Gasteiger partial charge in [0.1, 0.15) is 0 Å². The van der Waals surface area contributed by atoms with Gasteiger partial charge in [-0.1, -0.05) is 49.0 Å². The number of rotatable bonds is 8. The third kappa shape index (κ3) is 5.25. The van der Waals surface area contributed by atoms with Gasteiger partial charge in [0.2, 0.25) is 5.91 Å². The molecule has 2 heterocycles. The Labute approximate surface area is 200 Å². The third-order valence-corrected chi connectivity index (χ3v) is 7.38. The number of carbonyl (C=O) groups excluding carboxylic acids is 1. The van der Waals surface area contributed by atoms with E-state index in [1.165, 1.54) is 35.9 Å². The fraction of sp³-hybridized carbons (Fsp3) is 0.385. The third-order valence-electron chi connectivity index (χ3n) is 6.41. The van der Waals surface area contributed by atoms with Gasteiger partial charge in [-0.05, 0) is 49.2 Å². The summed E-state index contributed by atoms with van der Waals surface area (Å²) in [5.41, 5.74) is 4.37. The zero-order valence-corrected chi connectivity index (χ0v) is 19.9. The SMILES string of the molecule is CCN1CCN(c2ccc(NC(=O)CSc3ncc(-c4ccccc4)n3C3CC3)cc2)CC1. The van der Waals surface area contributed by atoms with Crippen molar-refractivity contribution in [2.45, 2.75) is 31.0 Å². The maximum Gasteiger partial charge on any atom is 0.234 e. The van der Waals surface area contributed by atoms with Crippen LogP contribution in [0.15, 0.2) is 66.0 Å². The smallest absolute Gasteiger partial charge is 0.234 e. The van der Waals surface area contributed by atoms with Gasteiger partial charge in [0.25, 0.3) is 0 Å². The number of hydrogen-bond acceptors (Lipinski definition) is 5. The van der Waals surface area contributed by atoms with Gasteiger partial charge in [-0.25, -0.2) is 4.98 Å². The first-order valence-corrected chi connectivity index (χ1v) is 12.8. The first-order valence-electron chi connectivity index (χ1n) is 11.8. The molecule has 3 aromatic rings. The molecule has 0 bridgehead atoms. The lowest BCUT2D eigenvalue weighted by atomic mass is 10.2. The van der Waals surface area contributed by atoms with E-state index in [-0.39, 0.29) is 5.91 Å². The van der Waals surface area contributed by atoms with Crippen LogP contribution in [0.3, 0.4) is 0 Å². The Morgan fingerprint density at radius 3 is 2.42 bits per heavy atom. The second kappa shape index (κ2) is 10.0. The van der Waals surface area contributed by atoms with E-state index in [2.05, 4.69) is 68.0 Å². The van der Waals surface area contributed by atoms with E-state index in [9.17, 15) is 4.79 Å². The van der Waals surface area contributed by atoms with Gasteiger partial charge < -0.3 is 19.7 Å². The molecular formula is C26H31N5OS. The van der Waals surface area contributed by atoms with Crippen LogP contribution in [0.1, 0.15) is 25.8 Å². The molecule has 1 saturated heterocycles. The van der Waals surface area contributed by atoms with Crippen molar-refractivity contribution in [1.82, 2.24) is 14.5 Å². The van der Waals surface area contributed by atoms with E-state index in [0.717, 1.165) is 49.3 Å². The van der Waals surface area contributed by atoms with Crippen LogP contribution in [-0.4, -0.2) is 58.8 Å². The van der Waals surface area contributed by atoms with E-state index in [0.29, 0.717) is 11.8 Å². The van der Waals surface area contributed by atoms with Crippen LogP contribution in [0, 0.1) is 0 Å². The maximum atomic E-state index is 12.6. The number of carbonyl (C=O) groups is 1. The van der Waals surface area contributed by atoms with Crippen molar-refractivity contribution in [2.24, 2.45) is 0 Å². The lowest BCUT2D eigenvalue weighted by molar-refractivity contribution is -0.113. The van der Waals surface area contributed by atoms with E-state index in [1.54, 1.807) is 0 Å². The first kappa shape index (κ1) is 22.0. The van der Waals surface area contributed by atoms with Crippen molar-refractivity contribution < 1.29 is 4.79 Å². The van der Waals surface area contributed by atoms with E-state index in [1.807, 2.05) is 24.4 Å². The number of imidazole rings is 1. The van der Waals surface area contributed by atoms with Crippen molar-refractivity contribution >= 4 is 29.0 Å². The van der Waals surface area contributed by atoms with Crippen LogP contribution >= 0.6 is 11.8 Å². The molecule has 1 aliphatic carbocycles. The number of piperazine rings is 1. The minimum atomic E-state index is -0.00378. The van der Waals surface area contributed by atoms with Crippen LogP contribution in [-0.2, 0) is 4.79 Å². The standard InChI is InChI=1S/C26H31N5OS/c1-2-29-14-16-30(17-15-29)22-10-8-21(9-11-22)28-25(32)19-33-26-27-18-24(31(26)23-12-13-23)20-6-4-3-5-7-20/h3-11,18,23H,2,12-17,19H2,1H3,(H,28,32). The Morgan fingerprint density at radius 2 is 1.76 bits per heavy atom. The molecule has 0 radical (unpaired) electrons. The molecule has 7 heteroatoms. The molecule has 2 aromatic carbocycles. The molecule has 0 spiro atoms. The first-order chi connectivity index (χ1) is 16.2. The minimum Gasteiger partial charge on any atom is -0.369 e. The molecule has 2 fully saturated rings. The molecular weight excluding hydrogens is 430 g/mol. The van der Waals surface area contributed by atoms with Crippen molar-refractivity contribution in [1.29, 1.82) is 0 Å². The summed E-state index contributed by atoms with van der Waals surface area (Å²) in [7, 11) is 0. The van der Waals surface area contributed by atoms with Crippen LogP contribution in [0.4, 0.5) is 11.4 Å². The summed E-state index contributed by atoms with van der Waals surface area (Å²) in [6.45, 7) is 7.64. The second-order valence-corrected chi connectivity index (χ2v) is 9.64. The number of thioether (sulfide) groups is 1. The molecule has 0 atom stereocenters. The quantitative estimate of drug-likeness (QED) is 0.490. The minimum absolute atomic E-state index is 0.00378. The van der Waals surface area contributed by atoms with Gasteiger partial charge >= 0.3 is 0 Å². The molecule has 6 nitrogen and oxygen atoms in total. The number of aromatic nitrogens is 2. The normalized spacial score (nSPS) is 16.7. The highest BCUT2D eigenvalue weighted by Crippen LogP contribution is 2.41. The monoisotopic (exact) mass is 461 g/mol. The van der Waals surface area contributed by atoms with Crippen LogP contribution in [0.5, 0.6) is 0 Å². The predicted octanol–water partition coefficient (Wildman–Crippen LogP) is 4.76. The van der Waals surface area contributed by atoms with Crippen molar-refractivity contribution in [3.8, 4) is 11.3 Å². The van der Waals surface area contributed by atoms with E-state index < -0.39 is 0 Å². The fourth-order valence-corrected chi connectivity index (χ4v) is 5.21. The van der Waals surface area contributed by atoms with Gasteiger partial charge in [0.05, 0.1) is 17.6 Å². The predicted molar refractivity (Wildman–Crippen MR) is 136 cm³/mol. The Bertz CT molecular complexity index is 1070. The summed E-state index contributed by atoms with van der Waals surface area (Å²) in [6, 6.07) is 19.1. The molecule has 0 unspecified atom stereocenters. The molecule has 33 heavy (non-hydrogen) atoms. The summed E-state index contributed by atoms with van der Waals surface area (Å²) in [4.78, 5) is 22.2. The number of likely N-dealkylation sites (N-methyl/N-ethyl adjacent to an activating group) is 1. The number of amides is 1. The highest BCUT2D eigenvalue weighted by molar-refractivity contribution is 7.99. The summed E-state index contributed by atoms with van der Waals surface area (Å²) in [5, 5.41) is 3.96. The Morgan fingerprint density at radius 1 is 1.03 bits per heavy atom. The number of hydrogen-bond donors (Lipinski definition) is 1. The molecule has 172 valence electrons. The lowest BCUT2D eigenvalue weighted by Crippen LogP contribution is -2.46. The largest absolute Gasteiger partial charge is 0.369 e. The number of benzene rings is 2. The number of nitrogens with one attached hydrogen (secondary N) is 1. The zero-order valence-electron chi connectivity index (χ0n) is 19.1. The van der Waals surface area contributed by atoms with Crippen LogP contribution < -0.4 is 10.2 Å². The second-order valence-electron chi connectivity index (χ2n) is 8.70. The van der Waals surface area contributed by atoms with Crippen molar-refractivity contribution in [2.75, 3.05) is 48.7 Å². The van der Waals surface area contributed by atoms with E-state index in [4.69, 9.17) is 0 Å². The molecule has 2 aliphatic rings. The van der Waals surface area contributed by atoms with Gasteiger partial charge in [0, 0.05) is 43.6 Å². The highest BCUT2D eigenvalue weighted by Gasteiger charge is 2.29. The molecule has 1 saturated carbocycles. The van der Waals surface area contributed by atoms with Crippen molar-refractivity contribution in [3.05, 3.63) is 60.8 Å². The van der Waals surface area contributed by atoms with Gasteiger partial charge in [-0.2, -0.15) is 0 Å². The Balaban J connectivity index is 1.17. The van der Waals surface area contributed by atoms with Crippen LogP contribution in [0.25, 0.3) is 11.3 Å². The Kier molecular flexibility index (Phi) is 6.69. The molecule has 5 rings (SSSR count). The van der Waals surface area contributed by atoms with Crippen molar-refractivity contribution in [3.63, 3.8) is 0 Å². The van der Waals surface area contributed by atoms with Gasteiger partial charge in [-0.3, -0.25) is 4.79 Å². The van der Waals surface area contributed by atoms with E-state index >= 15 is 0 Å². The van der Waals surface area contributed by atoms with Gasteiger partial charge in [0.15, 0.2) is 5.16 Å². The molecule has 1 N–H and O–H groups in total. The summed E-state index contributed by atoms with van der Waals surface area (Å²) in [6.07, 6.45) is 4.29. The van der Waals surface area contributed by atoms with Crippen LogP contribution in [0.2, 0.25) is 0 Å². The topological polar surface area (TPSA) is 53.4 Å². The summed E-state index contributed by atoms with van der Waals surface area (Å²) >= 11 is 1.51. The number of nitrogens with zero attached hydrogens (tertiary/aromatic N) is 4. The number of anilines is 2. The summed E-state index contributed by atoms with van der Waals surface area (Å²) < 4.78 is 2.31. The molecule has 1 aliphatic heterocycles. The molecule has 1 amide bonds. The Hall–Kier alpha value is -2.77. The zero-order chi connectivity index (χ0) is 22.6. The average Bonchev–Trinajstić information content (AvgIpc) is 3.62. The lowest BCUT2D eigenvalue weighted by Gasteiger charge is -2.35.